The number of hydrogen-bond donors (Lipinski definition) is 3. The molecule has 0 aliphatic heterocycles. The molecule has 6 heteroatoms. The van der Waals surface area contributed by atoms with Crippen molar-refractivity contribution in [2.24, 2.45) is 4.99 Å². The minimum absolute atomic E-state index is 0. The standard InChI is InChI=1S/C12H26N4O.HI/c1-7-13-11(15-9(2)3)14-8-10(17)16-12(4,5)6;/h9H,7-8H2,1-6H3,(H,16,17)(H2,13,14,15);1H. The molecule has 0 fully saturated rings. The summed E-state index contributed by atoms with van der Waals surface area (Å²) in [5, 5.41) is 9.12. The smallest absolute Gasteiger partial charge is 0.242 e. The first-order valence-corrected chi connectivity index (χ1v) is 6.10. The average Bonchev–Trinajstić information content (AvgIpc) is 2.11. The van der Waals surface area contributed by atoms with Gasteiger partial charge < -0.3 is 16.0 Å². The molecule has 0 heterocycles. The molecule has 0 spiro atoms. The zero-order valence-electron chi connectivity index (χ0n) is 12.3. The molecule has 108 valence electrons. The molecule has 18 heavy (non-hydrogen) atoms. The lowest BCUT2D eigenvalue weighted by molar-refractivity contribution is -0.121. The summed E-state index contributed by atoms with van der Waals surface area (Å²) in [5.74, 6) is 0.602. The number of nitrogens with one attached hydrogen (secondary N) is 3. The Kier molecular flexibility index (Phi) is 10.3. The van der Waals surface area contributed by atoms with Gasteiger partial charge in [-0.1, -0.05) is 0 Å². The Morgan fingerprint density at radius 3 is 2.22 bits per heavy atom. The van der Waals surface area contributed by atoms with Crippen molar-refractivity contribution in [3.8, 4) is 0 Å². The van der Waals surface area contributed by atoms with Gasteiger partial charge in [0.15, 0.2) is 5.96 Å². The molecule has 3 N–H and O–H groups in total. The van der Waals surface area contributed by atoms with Gasteiger partial charge in [-0.05, 0) is 41.5 Å². The van der Waals surface area contributed by atoms with Crippen LogP contribution in [0.2, 0.25) is 0 Å². The van der Waals surface area contributed by atoms with Crippen molar-refractivity contribution in [2.45, 2.75) is 53.1 Å². The van der Waals surface area contributed by atoms with Gasteiger partial charge in [-0.3, -0.25) is 4.79 Å². The molecule has 0 unspecified atom stereocenters. The molecule has 1 amide bonds. The van der Waals surface area contributed by atoms with E-state index in [4.69, 9.17) is 0 Å². The van der Waals surface area contributed by atoms with Crippen LogP contribution in [0.4, 0.5) is 0 Å². The second kappa shape index (κ2) is 9.41. The van der Waals surface area contributed by atoms with Gasteiger partial charge in [0.05, 0.1) is 0 Å². The van der Waals surface area contributed by atoms with E-state index in [2.05, 4.69) is 20.9 Å². The van der Waals surface area contributed by atoms with Gasteiger partial charge in [0.1, 0.15) is 6.54 Å². The maximum Gasteiger partial charge on any atom is 0.242 e. The summed E-state index contributed by atoms with van der Waals surface area (Å²) in [7, 11) is 0. The van der Waals surface area contributed by atoms with E-state index in [1.807, 2.05) is 41.5 Å². The van der Waals surface area contributed by atoms with E-state index >= 15 is 0 Å². The molecule has 0 radical (unpaired) electrons. The van der Waals surface area contributed by atoms with Crippen molar-refractivity contribution in [2.75, 3.05) is 13.1 Å². The summed E-state index contributed by atoms with van der Waals surface area (Å²) >= 11 is 0. The van der Waals surface area contributed by atoms with Crippen LogP contribution in [0.3, 0.4) is 0 Å². The van der Waals surface area contributed by atoms with E-state index in [9.17, 15) is 4.79 Å². The number of halogens is 1. The van der Waals surface area contributed by atoms with Crippen molar-refractivity contribution in [3.63, 3.8) is 0 Å². The minimum Gasteiger partial charge on any atom is -0.357 e. The second-order valence-electron chi connectivity index (χ2n) is 5.29. The third-order valence-electron chi connectivity index (χ3n) is 1.66. The lowest BCUT2D eigenvalue weighted by atomic mass is 10.1. The van der Waals surface area contributed by atoms with Crippen molar-refractivity contribution in [1.29, 1.82) is 0 Å². The number of aliphatic imine (C=N–C) groups is 1. The van der Waals surface area contributed by atoms with Crippen molar-refractivity contribution >= 4 is 35.8 Å². The Morgan fingerprint density at radius 2 is 1.83 bits per heavy atom. The Bertz CT molecular complexity index is 272. The summed E-state index contributed by atoms with van der Waals surface area (Å²) < 4.78 is 0. The van der Waals surface area contributed by atoms with Crippen LogP contribution in [0.5, 0.6) is 0 Å². The first-order chi connectivity index (χ1) is 7.74. The van der Waals surface area contributed by atoms with Crippen molar-refractivity contribution in [1.82, 2.24) is 16.0 Å². The molecule has 0 aromatic carbocycles. The zero-order valence-corrected chi connectivity index (χ0v) is 14.6. The largest absolute Gasteiger partial charge is 0.357 e. The van der Waals surface area contributed by atoms with Gasteiger partial charge in [0.2, 0.25) is 5.91 Å². The Labute approximate surface area is 128 Å². The van der Waals surface area contributed by atoms with Crippen LogP contribution in [0.1, 0.15) is 41.5 Å². The van der Waals surface area contributed by atoms with Crippen LogP contribution in [-0.2, 0) is 4.79 Å². The highest BCUT2D eigenvalue weighted by molar-refractivity contribution is 14.0. The number of nitrogens with zero attached hydrogens (tertiary/aromatic N) is 1. The third-order valence-corrected chi connectivity index (χ3v) is 1.66. The predicted octanol–water partition coefficient (Wildman–Crippen LogP) is 1.48. The van der Waals surface area contributed by atoms with Gasteiger partial charge >= 0.3 is 0 Å². The van der Waals surface area contributed by atoms with Gasteiger partial charge in [-0.25, -0.2) is 4.99 Å². The fraction of sp³-hybridized carbons (Fsp3) is 0.833. The molecule has 0 saturated carbocycles. The van der Waals surface area contributed by atoms with Gasteiger partial charge in [0.25, 0.3) is 0 Å². The molecule has 0 atom stereocenters. The Morgan fingerprint density at radius 1 is 1.28 bits per heavy atom. The van der Waals surface area contributed by atoms with Crippen LogP contribution in [0.25, 0.3) is 0 Å². The molecule has 0 rings (SSSR count). The quantitative estimate of drug-likeness (QED) is 0.399. The molecule has 0 aliphatic rings. The topological polar surface area (TPSA) is 65.5 Å². The Balaban J connectivity index is 0. The first kappa shape index (κ1) is 19.8. The fourth-order valence-corrected chi connectivity index (χ4v) is 1.20. The van der Waals surface area contributed by atoms with E-state index in [1.54, 1.807) is 0 Å². The SMILES string of the molecule is CCNC(=NCC(=O)NC(C)(C)C)NC(C)C.I. The maximum atomic E-state index is 11.6. The predicted molar refractivity (Wildman–Crippen MR) is 87.6 cm³/mol. The lowest BCUT2D eigenvalue weighted by Gasteiger charge is -2.20. The minimum atomic E-state index is -0.212. The molecule has 0 saturated heterocycles. The van der Waals surface area contributed by atoms with E-state index in [0.29, 0.717) is 12.0 Å². The van der Waals surface area contributed by atoms with Crippen LogP contribution < -0.4 is 16.0 Å². The summed E-state index contributed by atoms with van der Waals surface area (Å²) in [5.41, 5.74) is -0.212. The number of carbonyl (C=O) groups excluding carboxylic acids is 1. The monoisotopic (exact) mass is 370 g/mol. The van der Waals surface area contributed by atoms with Gasteiger partial charge in [0, 0.05) is 18.1 Å². The van der Waals surface area contributed by atoms with Gasteiger partial charge in [-0.2, -0.15) is 0 Å². The van der Waals surface area contributed by atoms with Crippen LogP contribution in [0.15, 0.2) is 4.99 Å². The molecule has 0 aromatic rings. The van der Waals surface area contributed by atoms with Crippen molar-refractivity contribution in [3.05, 3.63) is 0 Å². The molecular formula is C12H27IN4O. The maximum absolute atomic E-state index is 11.6. The van der Waals surface area contributed by atoms with Crippen LogP contribution in [0, 0.1) is 0 Å². The number of hydrogen-bond acceptors (Lipinski definition) is 2. The third kappa shape index (κ3) is 11.9. The highest BCUT2D eigenvalue weighted by Gasteiger charge is 2.13. The number of guanidine groups is 1. The molecular weight excluding hydrogens is 343 g/mol. The molecule has 0 bridgehead atoms. The Hall–Kier alpha value is -0.530. The van der Waals surface area contributed by atoms with E-state index < -0.39 is 0 Å². The molecule has 0 aromatic heterocycles. The molecule has 5 nitrogen and oxygen atoms in total. The summed E-state index contributed by atoms with van der Waals surface area (Å²) in [6, 6.07) is 0.290. The molecule has 0 aliphatic carbocycles. The van der Waals surface area contributed by atoms with E-state index in [-0.39, 0.29) is 42.0 Å². The summed E-state index contributed by atoms with van der Waals surface area (Å²) in [6.45, 7) is 12.8. The fourth-order valence-electron chi connectivity index (χ4n) is 1.20. The van der Waals surface area contributed by atoms with Crippen molar-refractivity contribution < 1.29 is 4.79 Å². The number of carbonyl (C=O) groups is 1. The van der Waals surface area contributed by atoms with E-state index in [0.717, 1.165) is 6.54 Å². The number of rotatable bonds is 4. The average molecular weight is 370 g/mol. The van der Waals surface area contributed by atoms with E-state index in [1.165, 1.54) is 0 Å². The lowest BCUT2D eigenvalue weighted by Crippen LogP contribution is -2.44. The first-order valence-electron chi connectivity index (χ1n) is 6.10. The normalized spacial score (nSPS) is 11.8. The highest BCUT2D eigenvalue weighted by atomic mass is 127. The number of amides is 1. The summed E-state index contributed by atoms with van der Waals surface area (Å²) in [6.07, 6.45) is 0. The summed E-state index contributed by atoms with van der Waals surface area (Å²) in [4.78, 5) is 15.8. The highest BCUT2D eigenvalue weighted by Crippen LogP contribution is 1.97. The van der Waals surface area contributed by atoms with Crippen LogP contribution >= 0.6 is 24.0 Å². The second-order valence-corrected chi connectivity index (χ2v) is 5.29. The van der Waals surface area contributed by atoms with Crippen LogP contribution in [-0.4, -0.2) is 36.5 Å². The zero-order chi connectivity index (χ0) is 13.5. The van der Waals surface area contributed by atoms with Gasteiger partial charge in [-0.15, -0.1) is 24.0 Å².